The number of aromatic nitrogens is 2. The summed E-state index contributed by atoms with van der Waals surface area (Å²) in [5.74, 6) is 0. The van der Waals surface area contributed by atoms with Gasteiger partial charge in [0.15, 0.2) is 1.37 Å². The molecule has 1 aromatic rings. The van der Waals surface area contributed by atoms with Crippen molar-refractivity contribution in [3.05, 3.63) is 18.6 Å². The maximum Gasteiger partial charge on any atom is 0.243 e. The third kappa shape index (κ3) is 0.886. The summed E-state index contributed by atoms with van der Waals surface area (Å²) in [6.45, 7) is 2.43. The van der Waals surface area contributed by atoms with Crippen LogP contribution < -0.4 is 4.57 Å². The van der Waals surface area contributed by atoms with E-state index in [0.29, 0.717) is 6.54 Å². The topological polar surface area (TPSA) is 8.81 Å². The van der Waals surface area contributed by atoms with Gasteiger partial charge in [0.25, 0.3) is 0 Å². The monoisotopic (exact) mass is 114 g/mol. The fourth-order valence-electron chi connectivity index (χ4n) is 0.516. The Morgan fingerprint density at radius 1 is 1.88 bits per heavy atom. The number of hydrogen-bond donors (Lipinski definition) is 0. The van der Waals surface area contributed by atoms with Crippen molar-refractivity contribution < 1.29 is 8.68 Å². The average Bonchev–Trinajstić information content (AvgIpc) is 2.17. The van der Waals surface area contributed by atoms with E-state index >= 15 is 0 Å². The van der Waals surface area contributed by atoms with Crippen LogP contribution in [0, 0.1) is 0 Å². The summed E-state index contributed by atoms with van der Waals surface area (Å²) in [6.07, 6.45) is 0.416. The van der Waals surface area contributed by atoms with Crippen molar-refractivity contribution in [1.82, 2.24) is 4.57 Å². The van der Waals surface area contributed by atoms with Gasteiger partial charge >= 0.3 is 0 Å². The molecule has 0 atom stereocenters. The van der Waals surface area contributed by atoms with Gasteiger partial charge in [-0.1, -0.05) is 0 Å². The molecule has 0 spiro atoms. The van der Waals surface area contributed by atoms with Crippen molar-refractivity contribution in [1.29, 1.82) is 0 Å². The van der Waals surface area contributed by atoms with E-state index in [1.54, 1.807) is 7.05 Å². The lowest BCUT2D eigenvalue weighted by Gasteiger charge is -1.81. The van der Waals surface area contributed by atoms with Crippen molar-refractivity contribution in [3.63, 3.8) is 0 Å². The Hall–Kier alpha value is -0.790. The van der Waals surface area contributed by atoms with Crippen LogP contribution in [0.25, 0.3) is 0 Å². The molecule has 2 heteroatoms. The zero-order valence-electron chi connectivity index (χ0n) is 8.10. The normalized spacial score (nSPS) is 15.0. The van der Waals surface area contributed by atoms with Gasteiger partial charge in [-0.15, -0.1) is 0 Å². The van der Waals surface area contributed by atoms with Crippen molar-refractivity contribution in [2.75, 3.05) is 0 Å². The summed E-state index contributed by atoms with van der Waals surface area (Å²) in [7, 11) is 1.62. The van der Waals surface area contributed by atoms with E-state index in [9.17, 15) is 0 Å². The van der Waals surface area contributed by atoms with Crippen LogP contribution in [0.1, 0.15) is 11.0 Å². The highest BCUT2D eigenvalue weighted by Crippen LogP contribution is 1.79. The third-order valence-electron chi connectivity index (χ3n) is 0.940. The predicted molar refractivity (Wildman–Crippen MR) is 31.3 cm³/mol. The average molecular weight is 114 g/mol. The second kappa shape index (κ2) is 1.99. The Kier molecular flexibility index (Phi) is 0.663. The highest BCUT2D eigenvalue weighted by atomic mass is 15.1. The molecule has 0 amide bonds. The first-order chi connectivity index (χ1) is 5.09. The lowest BCUT2D eigenvalue weighted by molar-refractivity contribution is -0.671. The highest BCUT2D eigenvalue weighted by molar-refractivity contribution is 4.63. The van der Waals surface area contributed by atoms with E-state index in [0.717, 1.165) is 0 Å². The summed E-state index contributed by atoms with van der Waals surface area (Å²) in [5.41, 5.74) is 0. The Balaban J connectivity index is 3.36. The zero-order valence-corrected chi connectivity index (χ0v) is 5.10. The standard InChI is InChI=1S/C6H11N2/c1-3-8-5-4-7(2)6-8/h4-6H,3H2,1-2H3/q+1/i4D,5D,6D. The Morgan fingerprint density at radius 3 is 2.88 bits per heavy atom. The smallest absolute Gasteiger partial charge is 0.240 e. The molecule has 0 aromatic carbocycles. The zero-order chi connectivity index (χ0) is 8.59. The molecule has 0 aliphatic carbocycles. The van der Waals surface area contributed by atoms with E-state index in [1.807, 2.05) is 6.92 Å². The molecule has 8 heavy (non-hydrogen) atoms. The maximum atomic E-state index is 7.44. The van der Waals surface area contributed by atoms with Gasteiger partial charge in [0.05, 0.1) is 13.6 Å². The van der Waals surface area contributed by atoms with E-state index in [4.69, 9.17) is 4.11 Å². The van der Waals surface area contributed by atoms with Crippen molar-refractivity contribution in [2.45, 2.75) is 13.5 Å². The van der Waals surface area contributed by atoms with E-state index in [1.165, 1.54) is 9.13 Å². The first kappa shape index (κ1) is 2.67. The SMILES string of the molecule is [2H]c1c([2H])[n+](C)c([2H])n1CC. The molecule has 1 aromatic heterocycles. The summed E-state index contributed by atoms with van der Waals surface area (Å²) >= 11 is 0. The molecule has 1 heterocycles. The van der Waals surface area contributed by atoms with Crippen LogP contribution in [-0.4, -0.2) is 4.57 Å². The van der Waals surface area contributed by atoms with Gasteiger partial charge in [-0.25, -0.2) is 9.13 Å². The molecular weight excluding hydrogens is 100 g/mol. The summed E-state index contributed by atoms with van der Waals surface area (Å²) < 4.78 is 25.0. The van der Waals surface area contributed by atoms with Crippen LogP contribution in [0.4, 0.5) is 0 Å². The first-order valence-corrected chi connectivity index (χ1v) is 2.61. The minimum Gasteiger partial charge on any atom is -0.240 e. The number of imidazole rings is 1. The second-order valence-corrected chi connectivity index (χ2v) is 1.63. The Morgan fingerprint density at radius 2 is 2.62 bits per heavy atom. The molecule has 1 rings (SSSR count). The molecule has 44 valence electrons. The van der Waals surface area contributed by atoms with E-state index in [2.05, 4.69) is 0 Å². The van der Waals surface area contributed by atoms with Crippen molar-refractivity contribution in [2.24, 2.45) is 7.05 Å². The van der Waals surface area contributed by atoms with Crippen LogP contribution in [0.2, 0.25) is 0 Å². The fraction of sp³-hybridized carbons (Fsp3) is 0.500. The molecule has 0 bridgehead atoms. The third-order valence-corrected chi connectivity index (χ3v) is 0.940. The minimum absolute atomic E-state index is 0.0943. The summed E-state index contributed by atoms with van der Waals surface area (Å²) in [5, 5.41) is 0. The molecule has 0 radical (unpaired) electrons. The van der Waals surface area contributed by atoms with Crippen LogP contribution in [0.15, 0.2) is 18.6 Å². The largest absolute Gasteiger partial charge is 0.243 e. The predicted octanol–water partition coefficient (Wildman–Crippen LogP) is 0.333. The fourth-order valence-corrected chi connectivity index (χ4v) is 0.516. The second-order valence-electron chi connectivity index (χ2n) is 1.63. The molecule has 0 saturated heterocycles. The Bertz CT molecular complexity index is 254. The van der Waals surface area contributed by atoms with Crippen molar-refractivity contribution in [3.8, 4) is 0 Å². The van der Waals surface area contributed by atoms with Gasteiger partial charge in [0, 0.05) is 0 Å². The van der Waals surface area contributed by atoms with Crippen LogP contribution >= 0.6 is 0 Å². The highest BCUT2D eigenvalue weighted by Gasteiger charge is 1.92. The molecule has 0 aliphatic heterocycles. The molecule has 0 aliphatic rings. The van der Waals surface area contributed by atoms with Gasteiger partial charge in [0.2, 0.25) is 6.30 Å². The van der Waals surface area contributed by atoms with Gasteiger partial charge in [-0.2, -0.15) is 0 Å². The molecule has 2 nitrogen and oxygen atoms in total. The first-order valence-electron chi connectivity index (χ1n) is 4.11. The number of nitrogens with zero attached hydrogens (tertiary/aromatic N) is 2. The van der Waals surface area contributed by atoms with Gasteiger partial charge in [0.1, 0.15) is 15.1 Å². The van der Waals surface area contributed by atoms with E-state index < -0.39 is 0 Å². The van der Waals surface area contributed by atoms with Crippen LogP contribution in [0.5, 0.6) is 0 Å². The Labute approximate surface area is 53.6 Å². The lowest BCUT2D eigenvalue weighted by atomic mass is 10.7. The molecule has 0 N–H and O–H groups in total. The molecule has 0 saturated carbocycles. The van der Waals surface area contributed by atoms with Crippen LogP contribution in [0.3, 0.4) is 0 Å². The number of rotatable bonds is 1. The maximum absolute atomic E-state index is 7.44. The van der Waals surface area contributed by atoms with Crippen molar-refractivity contribution >= 4 is 0 Å². The van der Waals surface area contributed by atoms with Gasteiger partial charge < -0.3 is 0 Å². The molecule has 0 unspecified atom stereocenters. The number of hydrogen-bond acceptors (Lipinski definition) is 0. The summed E-state index contributed by atoms with van der Waals surface area (Å²) in [6, 6.07) is 0. The molecule has 0 fully saturated rings. The lowest BCUT2D eigenvalue weighted by Crippen LogP contribution is -2.23. The minimum atomic E-state index is 0.0943. The quantitative estimate of drug-likeness (QED) is 0.465. The van der Waals surface area contributed by atoms with Gasteiger partial charge in [-0.3, -0.25) is 0 Å². The van der Waals surface area contributed by atoms with Gasteiger partial charge in [-0.05, 0) is 6.92 Å². The molecular formula is C6H11N2+. The van der Waals surface area contributed by atoms with Crippen LogP contribution in [-0.2, 0) is 13.6 Å². The summed E-state index contributed by atoms with van der Waals surface area (Å²) in [4.78, 5) is 0. The van der Waals surface area contributed by atoms with E-state index in [-0.39, 0.29) is 18.6 Å².